The lowest BCUT2D eigenvalue weighted by atomic mass is 10.1. The van der Waals surface area contributed by atoms with Crippen molar-refractivity contribution in [2.24, 2.45) is 0 Å². The van der Waals surface area contributed by atoms with E-state index in [0.29, 0.717) is 13.2 Å². The number of ether oxygens (including phenoxy) is 1. The van der Waals surface area contributed by atoms with Crippen molar-refractivity contribution in [1.82, 2.24) is 0 Å². The van der Waals surface area contributed by atoms with E-state index in [4.69, 9.17) is 9.84 Å². The van der Waals surface area contributed by atoms with Crippen LogP contribution in [0.5, 0.6) is 0 Å². The van der Waals surface area contributed by atoms with Crippen LogP contribution >= 0.6 is 15.9 Å². The first-order chi connectivity index (χ1) is 8.65. The first-order valence-corrected chi connectivity index (χ1v) is 6.83. The number of nitrogens with zero attached hydrogens (tertiary/aromatic N) is 1. The van der Waals surface area contributed by atoms with Crippen LogP contribution in [0.1, 0.15) is 12.5 Å². The van der Waals surface area contributed by atoms with Crippen LogP contribution in [0.4, 0.5) is 5.69 Å². The van der Waals surface area contributed by atoms with Crippen molar-refractivity contribution < 1.29 is 14.9 Å². The molecule has 1 saturated heterocycles. The van der Waals surface area contributed by atoms with E-state index in [-0.39, 0.29) is 25.4 Å². The minimum Gasteiger partial charge on any atom is -0.394 e. The molecule has 100 valence electrons. The minimum absolute atomic E-state index is 0.0373. The second-order valence-corrected chi connectivity index (χ2v) is 5.44. The lowest BCUT2D eigenvalue weighted by Crippen LogP contribution is -2.49. The smallest absolute Gasteiger partial charge is 0.0981 e. The number of halogens is 1. The van der Waals surface area contributed by atoms with Crippen molar-refractivity contribution in [2.75, 3.05) is 24.7 Å². The van der Waals surface area contributed by atoms with Gasteiger partial charge in [-0.15, -0.1) is 0 Å². The number of hydrogen-bond acceptors (Lipinski definition) is 4. The lowest BCUT2D eigenvalue weighted by Gasteiger charge is -2.39. The highest BCUT2D eigenvalue weighted by Gasteiger charge is 2.26. The molecule has 1 fully saturated rings. The van der Waals surface area contributed by atoms with Crippen molar-refractivity contribution in [3.05, 3.63) is 28.2 Å². The Bertz CT molecular complexity index is 413. The van der Waals surface area contributed by atoms with E-state index in [1.807, 2.05) is 18.2 Å². The average molecular weight is 316 g/mol. The van der Waals surface area contributed by atoms with Gasteiger partial charge in [-0.25, -0.2) is 0 Å². The molecule has 1 aliphatic heterocycles. The van der Waals surface area contributed by atoms with Gasteiger partial charge in [-0.3, -0.25) is 0 Å². The number of rotatable bonds is 3. The van der Waals surface area contributed by atoms with E-state index >= 15 is 0 Å². The van der Waals surface area contributed by atoms with Crippen molar-refractivity contribution in [3.63, 3.8) is 0 Å². The zero-order valence-corrected chi connectivity index (χ0v) is 11.9. The summed E-state index contributed by atoms with van der Waals surface area (Å²) in [5.74, 6) is 0. The SMILES string of the molecule is CC1COC(CO)CN1c1ccc(CO)cc1Br. The van der Waals surface area contributed by atoms with Crippen molar-refractivity contribution in [3.8, 4) is 0 Å². The number of aliphatic hydroxyl groups is 2. The van der Waals surface area contributed by atoms with Gasteiger partial charge in [-0.1, -0.05) is 6.07 Å². The molecule has 0 amide bonds. The van der Waals surface area contributed by atoms with Crippen LogP contribution in [0.3, 0.4) is 0 Å². The van der Waals surface area contributed by atoms with Crippen LogP contribution in [0.25, 0.3) is 0 Å². The molecular formula is C13H18BrNO3. The summed E-state index contributed by atoms with van der Waals surface area (Å²) in [6, 6.07) is 6.09. The maximum Gasteiger partial charge on any atom is 0.0981 e. The fraction of sp³-hybridized carbons (Fsp3) is 0.538. The molecule has 18 heavy (non-hydrogen) atoms. The van der Waals surface area contributed by atoms with Gasteiger partial charge in [0.05, 0.1) is 31.6 Å². The summed E-state index contributed by atoms with van der Waals surface area (Å²) in [7, 11) is 0. The third-order valence-corrected chi connectivity index (χ3v) is 3.85. The van der Waals surface area contributed by atoms with Crippen LogP contribution in [-0.2, 0) is 11.3 Å². The Balaban J connectivity index is 2.23. The van der Waals surface area contributed by atoms with Crippen LogP contribution in [0.15, 0.2) is 22.7 Å². The molecular weight excluding hydrogens is 298 g/mol. The van der Waals surface area contributed by atoms with Gasteiger partial charge in [-0.2, -0.15) is 0 Å². The van der Waals surface area contributed by atoms with Crippen molar-refractivity contribution >= 4 is 21.6 Å². The van der Waals surface area contributed by atoms with Crippen molar-refractivity contribution in [1.29, 1.82) is 0 Å². The second-order valence-electron chi connectivity index (χ2n) is 4.58. The van der Waals surface area contributed by atoms with Crippen LogP contribution in [0, 0.1) is 0 Å². The lowest BCUT2D eigenvalue weighted by molar-refractivity contribution is -0.0103. The van der Waals surface area contributed by atoms with Gasteiger partial charge in [0.15, 0.2) is 0 Å². The van der Waals surface area contributed by atoms with Crippen LogP contribution in [0.2, 0.25) is 0 Å². The molecule has 2 rings (SSSR count). The Hall–Kier alpha value is -0.620. The molecule has 2 atom stereocenters. The largest absolute Gasteiger partial charge is 0.394 e. The summed E-state index contributed by atoms with van der Waals surface area (Å²) in [6.07, 6.45) is -0.134. The number of hydrogen-bond donors (Lipinski definition) is 2. The van der Waals surface area contributed by atoms with E-state index in [1.165, 1.54) is 0 Å². The summed E-state index contributed by atoms with van der Waals surface area (Å²) in [5, 5.41) is 18.3. The highest BCUT2D eigenvalue weighted by molar-refractivity contribution is 9.10. The van der Waals surface area contributed by atoms with Gasteiger partial charge in [0.1, 0.15) is 0 Å². The normalized spacial score (nSPS) is 24.3. The summed E-state index contributed by atoms with van der Waals surface area (Å²) in [6.45, 7) is 3.46. The second kappa shape index (κ2) is 6.02. The molecule has 0 spiro atoms. The molecule has 2 unspecified atom stereocenters. The monoisotopic (exact) mass is 315 g/mol. The first kappa shape index (κ1) is 13.8. The Morgan fingerprint density at radius 3 is 2.83 bits per heavy atom. The number of aliphatic hydroxyl groups excluding tert-OH is 2. The topological polar surface area (TPSA) is 52.9 Å². The number of morpholine rings is 1. The quantitative estimate of drug-likeness (QED) is 0.888. The zero-order valence-electron chi connectivity index (χ0n) is 10.3. The highest BCUT2D eigenvalue weighted by Crippen LogP contribution is 2.30. The molecule has 0 aromatic heterocycles. The third kappa shape index (κ3) is 2.85. The van der Waals surface area contributed by atoms with Gasteiger partial charge in [-0.05, 0) is 40.5 Å². The molecule has 0 radical (unpaired) electrons. The van der Waals surface area contributed by atoms with E-state index < -0.39 is 0 Å². The van der Waals surface area contributed by atoms with Crippen LogP contribution < -0.4 is 4.90 Å². The molecule has 0 aliphatic carbocycles. The Kier molecular flexibility index (Phi) is 4.61. The van der Waals surface area contributed by atoms with E-state index in [1.54, 1.807) is 0 Å². The van der Waals surface area contributed by atoms with Crippen LogP contribution in [-0.4, -0.2) is 42.1 Å². The molecule has 1 aromatic rings. The fourth-order valence-electron chi connectivity index (χ4n) is 2.15. The maximum atomic E-state index is 9.20. The van der Waals surface area contributed by atoms with E-state index in [2.05, 4.69) is 27.8 Å². The van der Waals surface area contributed by atoms with Gasteiger partial charge in [0.2, 0.25) is 0 Å². The predicted octanol–water partition coefficient (Wildman–Crippen LogP) is 1.53. The summed E-state index contributed by atoms with van der Waals surface area (Å²) in [5.41, 5.74) is 1.95. The number of benzene rings is 1. The summed E-state index contributed by atoms with van der Waals surface area (Å²) in [4.78, 5) is 2.22. The average Bonchev–Trinajstić information content (AvgIpc) is 2.39. The summed E-state index contributed by atoms with van der Waals surface area (Å²) < 4.78 is 6.49. The summed E-state index contributed by atoms with van der Waals surface area (Å²) >= 11 is 3.54. The molecule has 5 heteroatoms. The maximum absolute atomic E-state index is 9.20. The Morgan fingerprint density at radius 2 is 2.22 bits per heavy atom. The molecule has 4 nitrogen and oxygen atoms in total. The van der Waals surface area contributed by atoms with Gasteiger partial charge < -0.3 is 19.8 Å². The number of anilines is 1. The molecule has 1 aromatic carbocycles. The van der Waals surface area contributed by atoms with Gasteiger partial charge in [0, 0.05) is 17.1 Å². The van der Waals surface area contributed by atoms with Crippen molar-refractivity contribution in [2.45, 2.75) is 25.7 Å². The van der Waals surface area contributed by atoms with E-state index in [9.17, 15) is 5.11 Å². The highest BCUT2D eigenvalue weighted by atomic mass is 79.9. The Labute approximate surface area is 115 Å². The first-order valence-electron chi connectivity index (χ1n) is 6.04. The van der Waals surface area contributed by atoms with E-state index in [0.717, 1.165) is 15.7 Å². The Morgan fingerprint density at radius 1 is 1.44 bits per heavy atom. The minimum atomic E-state index is -0.134. The molecule has 2 N–H and O–H groups in total. The zero-order chi connectivity index (χ0) is 13.1. The predicted molar refractivity (Wildman–Crippen MR) is 73.7 cm³/mol. The van der Waals surface area contributed by atoms with Gasteiger partial charge in [0.25, 0.3) is 0 Å². The van der Waals surface area contributed by atoms with Gasteiger partial charge >= 0.3 is 0 Å². The third-order valence-electron chi connectivity index (χ3n) is 3.21. The fourth-order valence-corrected chi connectivity index (χ4v) is 2.80. The molecule has 1 aliphatic rings. The molecule has 0 saturated carbocycles. The standard InChI is InChI=1S/C13H18BrNO3/c1-9-8-18-11(7-17)5-15(9)13-3-2-10(6-16)4-12(13)14/h2-4,9,11,16-17H,5-8H2,1H3. The molecule has 1 heterocycles. The molecule has 0 bridgehead atoms.